The Hall–Kier alpha value is -3.06. The van der Waals surface area contributed by atoms with E-state index in [1.165, 1.54) is 0 Å². The van der Waals surface area contributed by atoms with Gasteiger partial charge in [-0.3, -0.25) is 0 Å². The maximum absolute atomic E-state index is 6.15. The van der Waals surface area contributed by atoms with Crippen molar-refractivity contribution in [2.45, 2.75) is 6.54 Å². The number of ether oxygens (including phenoxy) is 2. The van der Waals surface area contributed by atoms with Gasteiger partial charge in [0.05, 0.1) is 6.20 Å². The minimum Gasteiger partial charge on any atom is -0.454 e. The van der Waals surface area contributed by atoms with Crippen molar-refractivity contribution in [2.24, 2.45) is 0 Å². The van der Waals surface area contributed by atoms with Gasteiger partial charge in [0.15, 0.2) is 17.3 Å². The van der Waals surface area contributed by atoms with E-state index in [1.54, 1.807) is 6.20 Å². The molecule has 0 unspecified atom stereocenters. The molecule has 1 aliphatic heterocycles. The molecule has 4 rings (SSSR count). The third-order valence-corrected chi connectivity index (χ3v) is 3.97. The number of rotatable bonds is 5. The first kappa shape index (κ1) is 15.5. The SMILES string of the molecule is Clc1ccccc1CNc1cnnc(Nc2ccc3c(c2)OCO3)n1. The van der Waals surface area contributed by atoms with Crippen molar-refractivity contribution in [2.75, 3.05) is 17.4 Å². The molecule has 0 aliphatic carbocycles. The van der Waals surface area contributed by atoms with Crippen molar-refractivity contribution in [1.29, 1.82) is 0 Å². The molecule has 0 atom stereocenters. The van der Waals surface area contributed by atoms with Gasteiger partial charge in [-0.2, -0.15) is 10.1 Å². The highest BCUT2D eigenvalue weighted by Crippen LogP contribution is 2.34. The summed E-state index contributed by atoms with van der Waals surface area (Å²) in [6.07, 6.45) is 1.56. The second-order valence-electron chi connectivity index (χ2n) is 5.30. The lowest BCUT2D eigenvalue weighted by atomic mass is 10.2. The van der Waals surface area contributed by atoms with Gasteiger partial charge < -0.3 is 20.1 Å². The largest absolute Gasteiger partial charge is 0.454 e. The quantitative estimate of drug-likeness (QED) is 0.723. The number of nitrogens with one attached hydrogen (secondary N) is 2. The van der Waals surface area contributed by atoms with E-state index in [-0.39, 0.29) is 6.79 Å². The molecule has 126 valence electrons. The fourth-order valence-corrected chi connectivity index (χ4v) is 2.58. The molecule has 0 spiro atoms. The summed E-state index contributed by atoms with van der Waals surface area (Å²) in [7, 11) is 0. The van der Waals surface area contributed by atoms with E-state index in [0.29, 0.717) is 29.1 Å². The number of fused-ring (bicyclic) bond motifs is 1. The molecule has 1 aromatic heterocycles. The van der Waals surface area contributed by atoms with Crippen molar-refractivity contribution in [3.8, 4) is 11.5 Å². The van der Waals surface area contributed by atoms with Crippen molar-refractivity contribution >= 4 is 29.1 Å². The normalized spacial score (nSPS) is 12.0. The van der Waals surface area contributed by atoms with E-state index in [2.05, 4.69) is 25.8 Å². The zero-order valence-electron chi connectivity index (χ0n) is 13.1. The monoisotopic (exact) mass is 355 g/mol. The molecule has 7 nitrogen and oxygen atoms in total. The minimum atomic E-state index is 0.234. The van der Waals surface area contributed by atoms with Crippen LogP contribution >= 0.6 is 11.6 Å². The first-order chi connectivity index (χ1) is 12.3. The van der Waals surface area contributed by atoms with Gasteiger partial charge in [0.25, 0.3) is 0 Å². The van der Waals surface area contributed by atoms with Crippen molar-refractivity contribution < 1.29 is 9.47 Å². The molecule has 0 radical (unpaired) electrons. The zero-order valence-corrected chi connectivity index (χ0v) is 13.8. The van der Waals surface area contributed by atoms with Gasteiger partial charge in [0.2, 0.25) is 12.7 Å². The van der Waals surface area contributed by atoms with Crippen LogP contribution in [0.15, 0.2) is 48.7 Å². The Morgan fingerprint density at radius 1 is 1.08 bits per heavy atom. The van der Waals surface area contributed by atoms with Gasteiger partial charge in [-0.25, -0.2) is 0 Å². The summed E-state index contributed by atoms with van der Waals surface area (Å²) < 4.78 is 10.6. The molecule has 0 fully saturated rings. The van der Waals surface area contributed by atoms with Crippen LogP contribution in [0.4, 0.5) is 17.5 Å². The molecule has 2 aromatic carbocycles. The first-order valence-corrected chi connectivity index (χ1v) is 7.99. The van der Waals surface area contributed by atoms with Gasteiger partial charge >= 0.3 is 0 Å². The van der Waals surface area contributed by atoms with E-state index in [4.69, 9.17) is 21.1 Å². The predicted molar refractivity (Wildman–Crippen MR) is 94.5 cm³/mol. The Morgan fingerprint density at radius 3 is 2.88 bits per heavy atom. The van der Waals surface area contributed by atoms with Crippen molar-refractivity contribution in [3.63, 3.8) is 0 Å². The number of anilines is 3. The maximum Gasteiger partial charge on any atom is 0.249 e. The van der Waals surface area contributed by atoms with Crippen LogP contribution in [0.5, 0.6) is 11.5 Å². The summed E-state index contributed by atoms with van der Waals surface area (Å²) in [5, 5.41) is 14.9. The highest BCUT2D eigenvalue weighted by molar-refractivity contribution is 6.31. The lowest BCUT2D eigenvalue weighted by molar-refractivity contribution is 0.174. The van der Waals surface area contributed by atoms with Crippen LogP contribution < -0.4 is 20.1 Å². The molecule has 0 saturated heterocycles. The summed E-state index contributed by atoms with van der Waals surface area (Å²) in [5.74, 6) is 2.38. The molecule has 25 heavy (non-hydrogen) atoms. The molecule has 0 amide bonds. The number of aromatic nitrogens is 3. The predicted octanol–water partition coefficient (Wildman–Crippen LogP) is 3.61. The van der Waals surface area contributed by atoms with Gasteiger partial charge in [0.1, 0.15) is 0 Å². The van der Waals surface area contributed by atoms with Crippen LogP contribution in [0.3, 0.4) is 0 Å². The molecule has 2 heterocycles. The first-order valence-electron chi connectivity index (χ1n) is 7.61. The van der Waals surface area contributed by atoms with Crippen molar-refractivity contribution in [3.05, 3.63) is 59.2 Å². The smallest absolute Gasteiger partial charge is 0.249 e. The summed E-state index contributed by atoms with van der Waals surface area (Å²) in [6.45, 7) is 0.778. The van der Waals surface area contributed by atoms with E-state index in [9.17, 15) is 0 Å². The lowest BCUT2D eigenvalue weighted by Gasteiger charge is -2.09. The van der Waals surface area contributed by atoms with Gasteiger partial charge in [-0.05, 0) is 23.8 Å². The third-order valence-electron chi connectivity index (χ3n) is 3.61. The van der Waals surface area contributed by atoms with Crippen LogP contribution in [0.1, 0.15) is 5.56 Å². The van der Waals surface area contributed by atoms with Crippen LogP contribution in [-0.2, 0) is 6.54 Å². The molecule has 1 aliphatic rings. The van der Waals surface area contributed by atoms with Gasteiger partial charge in [-0.15, -0.1) is 5.10 Å². The van der Waals surface area contributed by atoms with Gasteiger partial charge in [0, 0.05) is 23.3 Å². The average Bonchev–Trinajstić information content (AvgIpc) is 3.09. The summed E-state index contributed by atoms with van der Waals surface area (Å²) in [4.78, 5) is 4.40. The Morgan fingerprint density at radius 2 is 1.96 bits per heavy atom. The number of hydrogen-bond donors (Lipinski definition) is 2. The second kappa shape index (κ2) is 6.82. The number of nitrogens with zero attached hydrogens (tertiary/aromatic N) is 3. The van der Waals surface area contributed by atoms with Crippen LogP contribution in [0.25, 0.3) is 0 Å². The Kier molecular flexibility index (Phi) is 4.22. The van der Waals surface area contributed by atoms with E-state index < -0.39 is 0 Å². The number of hydrogen-bond acceptors (Lipinski definition) is 7. The van der Waals surface area contributed by atoms with E-state index in [0.717, 1.165) is 17.0 Å². The Bertz CT molecular complexity index is 906. The molecule has 8 heteroatoms. The number of halogens is 1. The van der Waals surface area contributed by atoms with Gasteiger partial charge in [-0.1, -0.05) is 29.8 Å². The fourth-order valence-electron chi connectivity index (χ4n) is 2.37. The standard InChI is InChI=1S/C17H14ClN5O2/c18-13-4-2-1-3-11(13)8-19-16-9-20-23-17(22-16)21-12-5-6-14-15(7-12)25-10-24-14/h1-7,9H,8,10H2,(H2,19,21,22,23). The summed E-state index contributed by atoms with van der Waals surface area (Å²) in [5.41, 5.74) is 1.77. The number of benzene rings is 2. The van der Waals surface area contributed by atoms with Crippen molar-refractivity contribution in [1.82, 2.24) is 15.2 Å². The van der Waals surface area contributed by atoms with E-state index in [1.807, 2.05) is 42.5 Å². The molecule has 2 N–H and O–H groups in total. The minimum absolute atomic E-state index is 0.234. The Labute approximate surface area is 149 Å². The molecule has 3 aromatic rings. The zero-order chi connectivity index (χ0) is 17.1. The van der Waals surface area contributed by atoms with Crippen LogP contribution in [0, 0.1) is 0 Å². The highest BCUT2D eigenvalue weighted by atomic mass is 35.5. The van der Waals surface area contributed by atoms with Crippen LogP contribution in [-0.4, -0.2) is 22.0 Å². The lowest BCUT2D eigenvalue weighted by Crippen LogP contribution is -2.06. The third kappa shape index (κ3) is 3.56. The Balaban J connectivity index is 1.45. The molecule has 0 saturated carbocycles. The fraction of sp³-hybridized carbons (Fsp3) is 0.118. The summed E-state index contributed by atoms with van der Waals surface area (Å²) in [6, 6.07) is 13.2. The molecule has 0 bridgehead atoms. The maximum atomic E-state index is 6.15. The summed E-state index contributed by atoms with van der Waals surface area (Å²) >= 11 is 6.15. The highest BCUT2D eigenvalue weighted by Gasteiger charge is 2.13. The second-order valence-corrected chi connectivity index (χ2v) is 5.71. The average molecular weight is 356 g/mol. The van der Waals surface area contributed by atoms with E-state index >= 15 is 0 Å². The molecular formula is C17H14ClN5O2. The topological polar surface area (TPSA) is 81.2 Å². The molecular weight excluding hydrogens is 342 g/mol. The van der Waals surface area contributed by atoms with Crippen LogP contribution in [0.2, 0.25) is 5.02 Å².